The smallest absolute Gasteiger partial charge is 0.305 e. The Kier molecular flexibility index (Phi) is 5.31. The number of carbonyl (C=O) groups is 2. The van der Waals surface area contributed by atoms with E-state index in [0.717, 1.165) is 16.7 Å². The standard InChI is InChI=1S/C18H19NO3/c1-13-6-5-7-14(10-13)11-17(20)19-16(12-18(21)22)15-8-3-2-4-9-15/h2-10,16H,11-12H2,1H3,(H,19,20)(H,21,22). The summed E-state index contributed by atoms with van der Waals surface area (Å²) in [6, 6.07) is 16.4. The molecule has 22 heavy (non-hydrogen) atoms. The predicted octanol–water partition coefficient (Wildman–Crippen LogP) is 2.87. The molecular formula is C18H19NO3. The highest BCUT2D eigenvalue weighted by Crippen LogP contribution is 2.17. The Balaban J connectivity index is 2.06. The molecule has 2 aromatic rings. The average Bonchev–Trinajstić information content (AvgIpc) is 2.47. The van der Waals surface area contributed by atoms with Crippen molar-refractivity contribution in [1.29, 1.82) is 0 Å². The van der Waals surface area contributed by atoms with Crippen molar-refractivity contribution in [2.75, 3.05) is 0 Å². The maximum atomic E-state index is 12.2. The first-order valence-electron chi connectivity index (χ1n) is 7.16. The molecule has 114 valence electrons. The summed E-state index contributed by atoms with van der Waals surface area (Å²) >= 11 is 0. The highest BCUT2D eigenvalue weighted by molar-refractivity contribution is 5.80. The van der Waals surface area contributed by atoms with Gasteiger partial charge < -0.3 is 10.4 Å². The highest BCUT2D eigenvalue weighted by atomic mass is 16.4. The maximum Gasteiger partial charge on any atom is 0.305 e. The molecular weight excluding hydrogens is 278 g/mol. The van der Waals surface area contributed by atoms with Gasteiger partial charge in [0.05, 0.1) is 18.9 Å². The van der Waals surface area contributed by atoms with Gasteiger partial charge in [-0.15, -0.1) is 0 Å². The molecule has 0 bridgehead atoms. The number of aryl methyl sites for hydroxylation is 1. The van der Waals surface area contributed by atoms with E-state index in [1.807, 2.05) is 61.5 Å². The molecule has 4 heteroatoms. The number of amides is 1. The van der Waals surface area contributed by atoms with Gasteiger partial charge in [-0.1, -0.05) is 60.2 Å². The summed E-state index contributed by atoms with van der Waals surface area (Å²) in [5, 5.41) is 11.8. The topological polar surface area (TPSA) is 66.4 Å². The van der Waals surface area contributed by atoms with Gasteiger partial charge in [-0.2, -0.15) is 0 Å². The van der Waals surface area contributed by atoms with Crippen molar-refractivity contribution in [1.82, 2.24) is 5.32 Å². The zero-order chi connectivity index (χ0) is 15.9. The maximum absolute atomic E-state index is 12.2. The molecule has 0 aliphatic carbocycles. The van der Waals surface area contributed by atoms with Crippen molar-refractivity contribution >= 4 is 11.9 Å². The lowest BCUT2D eigenvalue weighted by molar-refractivity contribution is -0.137. The Morgan fingerprint density at radius 3 is 2.45 bits per heavy atom. The van der Waals surface area contributed by atoms with Crippen molar-refractivity contribution in [2.24, 2.45) is 0 Å². The molecule has 0 saturated heterocycles. The number of benzene rings is 2. The van der Waals surface area contributed by atoms with Crippen LogP contribution in [0.3, 0.4) is 0 Å². The molecule has 0 radical (unpaired) electrons. The van der Waals surface area contributed by atoms with Crippen LogP contribution in [-0.4, -0.2) is 17.0 Å². The van der Waals surface area contributed by atoms with Crippen LogP contribution in [0, 0.1) is 6.92 Å². The minimum atomic E-state index is -0.940. The summed E-state index contributed by atoms with van der Waals surface area (Å²) < 4.78 is 0. The van der Waals surface area contributed by atoms with Crippen LogP contribution < -0.4 is 5.32 Å². The van der Waals surface area contributed by atoms with E-state index in [9.17, 15) is 9.59 Å². The average molecular weight is 297 g/mol. The number of nitrogens with one attached hydrogen (secondary N) is 1. The number of hydrogen-bond donors (Lipinski definition) is 2. The van der Waals surface area contributed by atoms with Crippen LogP contribution in [0.15, 0.2) is 54.6 Å². The predicted molar refractivity (Wildman–Crippen MR) is 84.5 cm³/mol. The molecule has 1 amide bonds. The van der Waals surface area contributed by atoms with E-state index in [1.54, 1.807) is 0 Å². The molecule has 2 rings (SSSR count). The fourth-order valence-electron chi connectivity index (χ4n) is 2.37. The zero-order valence-corrected chi connectivity index (χ0v) is 12.5. The number of aliphatic carboxylic acids is 1. The second-order valence-corrected chi connectivity index (χ2v) is 5.29. The van der Waals surface area contributed by atoms with E-state index in [-0.39, 0.29) is 18.7 Å². The van der Waals surface area contributed by atoms with E-state index in [0.29, 0.717) is 0 Å². The van der Waals surface area contributed by atoms with Gasteiger partial charge in [-0.3, -0.25) is 9.59 Å². The highest BCUT2D eigenvalue weighted by Gasteiger charge is 2.17. The third kappa shape index (κ3) is 4.74. The minimum absolute atomic E-state index is 0.135. The fourth-order valence-corrected chi connectivity index (χ4v) is 2.37. The molecule has 0 aliphatic heterocycles. The van der Waals surface area contributed by atoms with Crippen molar-refractivity contribution in [3.63, 3.8) is 0 Å². The Labute approximate surface area is 129 Å². The quantitative estimate of drug-likeness (QED) is 0.861. The van der Waals surface area contributed by atoms with E-state index in [4.69, 9.17) is 5.11 Å². The van der Waals surface area contributed by atoms with E-state index >= 15 is 0 Å². The monoisotopic (exact) mass is 297 g/mol. The second kappa shape index (κ2) is 7.41. The van der Waals surface area contributed by atoms with Gasteiger partial charge in [0.2, 0.25) is 5.91 Å². The lowest BCUT2D eigenvalue weighted by Gasteiger charge is -2.17. The summed E-state index contributed by atoms with van der Waals surface area (Å²) in [5.41, 5.74) is 2.80. The van der Waals surface area contributed by atoms with Crippen LogP contribution in [0.1, 0.15) is 29.2 Å². The van der Waals surface area contributed by atoms with Crippen LogP contribution in [0.4, 0.5) is 0 Å². The number of carbonyl (C=O) groups excluding carboxylic acids is 1. The van der Waals surface area contributed by atoms with Gasteiger partial charge in [0.1, 0.15) is 0 Å². The van der Waals surface area contributed by atoms with Crippen molar-refractivity contribution in [3.8, 4) is 0 Å². The third-order valence-corrected chi connectivity index (χ3v) is 3.36. The Hall–Kier alpha value is -2.62. The Morgan fingerprint density at radius 2 is 1.82 bits per heavy atom. The lowest BCUT2D eigenvalue weighted by Crippen LogP contribution is -2.31. The molecule has 0 saturated carbocycles. The summed E-state index contributed by atoms with van der Waals surface area (Å²) in [6.07, 6.45) is 0.105. The molecule has 4 nitrogen and oxygen atoms in total. The van der Waals surface area contributed by atoms with Gasteiger partial charge in [0, 0.05) is 0 Å². The van der Waals surface area contributed by atoms with Gasteiger partial charge >= 0.3 is 5.97 Å². The minimum Gasteiger partial charge on any atom is -0.481 e. The first-order chi connectivity index (χ1) is 10.5. The SMILES string of the molecule is Cc1cccc(CC(=O)NC(CC(=O)O)c2ccccc2)c1. The van der Waals surface area contributed by atoms with Crippen molar-refractivity contribution < 1.29 is 14.7 Å². The second-order valence-electron chi connectivity index (χ2n) is 5.29. The zero-order valence-electron chi connectivity index (χ0n) is 12.5. The molecule has 0 aromatic heterocycles. The van der Waals surface area contributed by atoms with Crippen molar-refractivity contribution in [3.05, 3.63) is 71.3 Å². The summed E-state index contributed by atoms with van der Waals surface area (Å²) in [4.78, 5) is 23.2. The number of rotatable bonds is 6. The third-order valence-electron chi connectivity index (χ3n) is 3.36. The van der Waals surface area contributed by atoms with Crippen LogP contribution >= 0.6 is 0 Å². The van der Waals surface area contributed by atoms with Crippen LogP contribution in [0.5, 0.6) is 0 Å². The van der Waals surface area contributed by atoms with Gasteiger partial charge in [-0.05, 0) is 18.1 Å². The lowest BCUT2D eigenvalue weighted by atomic mass is 10.0. The molecule has 0 fully saturated rings. The molecule has 2 N–H and O–H groups in total. The van der Waals surface area contributed by atoms with Crippen LogP contribution in [-0.2, 0) is 16.0 Å². The van der Waals surface area contributed by atoms with Crippen LogP contribution in [0.25, 0.3) is 0 Å². The van der Waals surface area contributed by atoms with Crippen molar-refractivity contribution in [2.45, 2.75) is 25.8 Å². The normalized spacial score (nSPS) is 11.7. The number of carboxylic acid groups (broad SMARTS) is 1. The molecule has 0 spiro atoms. The van der Waals surface area contributed by atoms with E-state index in [1.165, 1.54) is 0 Å². The van der Waals surface area contributed by atoms with E-state index < -0.39 is 12.0 Å². The fraction of sp³-hybridized carbons (Fsp3) is 0.222. The summed E-state index contributed by atoms with van der Waals surface area (Å²) in [6.45, 7) is 1.97. The summed E-state index contributed by atoms with van der Waals surface area (Å²) in [5.74, 6) is -1.12. The molecule has 1 atom stereocenters. The molecule has 0 aliphatic rings. The first-order valence-corrected chi connectivity index (χ1v) is 7.16. The summed E-state index contributed by atoms with van der Waals surface area (Å²) in [7, 11) is 0. The first kappa shape index (κ1) is 15.8. The van der Waals surface area contributed by atoms with Gasteiger partial charge in [0.25, 0.3) is 0 Å². The van der Waals surface area contributed by atoms with Gasteiger partial charge in [0.15, 0.2) is 0 Å². The molecule has 0 heterocycles. The van der Waals surface area contributed by atoms with Crippen LogP contribution in [0.2, 0.25) is 0 Å². The van der Waals surface area contributed by atoms with Gasteiger partial charge in [-0.25, -0.2) is 0 Å². The molecule has 1 unspecified atom stereocenters. The number of carboxylic acids is 1. The largest absolute Gasteiger partial charge is 0.481 e. The van der Waals surface area contributed by atoms with E-state index in [2.05, 4.69) is 5.32 Å². The molecule has 2 aromatic carbocycles. The number of hydrogen-bond acceptors (Lipinski definition) is 2. The Morgan fingerprint density at radius 1 is 1.09 bits per heavy atom. The Bertz CT molecular complexity index is 652.